The first kappa shape index (κ1) is 12.9. The molecule has 2 aromatic heterocycles. The highest BCUT2D eigenvalue weighted by atomic mass is 32.2. The lowest BCUT2D eigenvalue weighted by molar-refractivity contribution is 0.421. The topological polar surface area (TPSA) is 95.7 Å². The fourth-order valence-corrected chi connectivity index (χ4v) is 4.33. The Balaban J connectivity index is 1.75. The molecule has 0 bridgehead atoms. The Hall–Kier alpha value is -1.06. The van der Waals surface area contributed by atoms with Gasteiger partial charge in [-0.1, -0.05) is 10.4 Å². The molecule has 3 rings (SSSR count). The van der Waals surface area contributed by atoms with E-state index in [0.717, 1.165) is 17.3 Å². The maximum absolute atomic E-state index is 5.47. The van der Waals surface area contributed by atoms with E-state index in [1.54, 1.807) is 10.9 Å². The molecule has 1 fully saturated rings. The van der Waals surface area contributed by atoms with Crippen LogP contribution in [-0.2, 0) is 6.54 Å². The summed E-state index contributed by atoms with van der Waals surface area (Å²) in [5.74, 6) is 4.53. The zero-order valence-corrected chi connectivity index (χ0v) is 11.9. The van der Waals surface area contributed by atoms with Crippen molar-refractivity contribution in [2.24, 2.45) is 5.73 Å². The molecular formula is C10H14N6OS2. The van der Waals surface area contributed by atoms with Crippen LogP contribution in [0.5, 0.6) is 0 Å². The number of nitrogens with two attached hydrogens (primary N) is 1. The summed E-state index contributed by atoms with van der Waals surface area (Å²) in [4.78, 5) is 4.42. The van der Waals surface area contributed by atoms with E-state index in [9.17, 15) is 0 Å². The van der Waals surface area contributed by atoms with E-state index in [1.807, 2.05) is 23.5 Å². The largest absolute Gasteiger partial charge is 0.332 e. The van der Waals surface area contributed by atoms with Gasteiger partial charge in [0.05, 0.1) is 18.0 Å². The zero-order chi connectivity index (χ0) is 13.1. The van der Waals surface area contributed by atoms with E-state index in [1.165, 1.54) is 5.75 Å². The Morgan fingerprint density at radius 1 is 1.47 bits per heavy atom. The molecule has 0 aromatic carbocycles. The molecule has 19 heavy (non-hydrogen) atoms. The van der Waals surface area contributed by atoms with Crippen molar-refractivity contribution in [1.82, 2.24) is 25.1 Å². The van der Waals surface area contributed by atoms with Gasteiger partial charge in [0, 0.05) is 23.8 Å². The van der Waals surface area contributed by atoms with E-state index >= 15 is 0 Å². The summed E-state index contributed by atoms with van der Waals surface area (Å²) >= 11 is 3.80. The fourth-order valence-electron chi connectivity index (χ4n) is 1.74. The van der Waals surface area contributed by atoms with E-state index in [0.29, 0.717) is 29.9 Å². The van der Waals surface area contributed by atoms with Crippen molar-refractivity contribution < 1.29 is 4.52 Å². The first-order valence-electron chi connectivity index (χ1n) is 6.00. The third-order valence-electron chi connectivity index (χ3n) is 2.66. The second kappa shape index (κ2) is 5.93. The first-order chi connectivity index (χ1) is 9.36. The summed E-state index contributed by atoms with van der Waals surface area (Å²) in [5.41, 5.74) is 6.06. The van der Waals surface area contributed by atoms with Gasteiger partial charge in [0.25, 0.3) is 5.89 Å². The number of aromatic nitrogens is 5. The van der Waals surface area contributed by atoms with Crippen LogP contribution >= 0.6 is 23.5 Å². The quantitative estimate of drug-likeness (QED) is 0.886. The van der Waals surface area contributed by atoms with Gasteiger partial charge in [-0.05, 0) is 0 Å². The normalized spacial score (nSPS) is 19.7. The molecule has 102 valence electrons. The van der Waals surface area contributed by atoms with E-state index < -0.39 is 0 Å². The molecule has 0 aliphatic carbocycles. The molecule has 2 N–H and O–H groups in total. The Kier molecular flexibility index (Phi) is 4.04. The van der Waals surface area contributed by atoms with Crippen LogP contribution in [0.2, 0.25) is 0 Å². The van der Waals surface area contributed by atoms with Gasteiger partial charge in [0.1, 0.15) is 0 Å². The lowest BCUT2D eigenvalue weighted by atomic mass is 10.4. The van der Waals surface area contributed by atoms with Crippen molar-refractivity contribution >= 4 is 23.5 Å². The third-order valence-corrected chi connectivity index (χ3v) is 5.41. The molecule has 7 nitrogen and oxygen atoms in total. The molecule has 1 aliphatic heterocycles. The Morgan fingerprint density at radius 2 is 2.42 bits per heavy atom. The molecule has 1 atom stereocenters. The first-order valence-corrected chi connectivity index (χ1v) is 8.20. The standard InChI is InChI=1S/C10H14N6OS2/c11-1-2-16-5-7(13-15-16)10-12-9(14-17-10)8-6-18-3-4-19-8/h5,8H,1-4,6,11H2. The molecule has 0 radical (unpaired) electrons. The van der Waals surface area contributed by atoms with E-state index in [-0.39, 0.29) is 0 Å². The number of nitrogens with zero attached hydrogens (tertiary/aromatic N) is 5. The van der Waals surface area contributed by atoms with Crippen LogP contribution in [0, 0.1) is 0 Å². The van der Waals surface area contributed by atoms with Crippen LogP contribution in [0.25, 0.3) is 11.6 Å². The highest BCUT2D eigenvalue weighted by Crippen LogP contribution is 2.35. The molecule has 1 aliphatic rings. The molecule has 0 amide bonds. The lowest BCUT2D eigenvalue weighted by Crippen LogP contribution is -2.10. The van der Waals surface area contributed by atoms with Crippen molar-refractivity contribution in [1.29, 1.82) is 0 Å². The van der Waals surface area contributed by atoms with Crippen molar-refractivity contribution in [2.45, 2.75) is 11.8 Å². The molecule has 0 saturated carbocycles. The van der Waals surface area contributed by atoms with Gasteiger partial charge < -0.3 is 10.3 Å². The maximum Gasteiger partial charge on any atom is 0.280 e. The molecular weight excluding hydrogens is 284 g/mol. The summed E-state index contributed by atoms with van der Waals surface area (Å²) < 4.78 is 6.94. The van der Waals surface area contributed by atoms with E-state index in [4.69, 9.17) is 10.3 Å². The number of hydrogen-bond acceptors (Lipinski definition) is 8. The minimum atomic E-state index is 0.315. The van der Waals surface area contributed by atoms with E-state index in [2.05, 4.69) is 20.5 Å². The number of thioether (sulfide) groups is 2. The highest BCUT2D eigenvalue weighted by molar-refractivity contribution is 8.06. The number of hydrogen-bond donors (Lipinski definition) is 1. The summed E-state index contributed by atoms with van der Waals surface area (Å²) in [6.45, 7) is 1.15. The van der Waals surface area contributed by atoms with Crippen LogP contribution in [0.4, 0.5) is 0 Å². The Labute approximate surface area is 118 Å². The minimum absolute atomic E-state index is 0.315. The second-order valence-corrected chi connectivity index (χ2v) is 6.51. The molecule has 1 unspecified atom stereocenters. The molecule has 1 saturated heterocycles. The Morgan fingerprint density at radius 3 is 3.21 bits per heavy atom. The van der Waals surface area contributed by atoms with Crippen LogP contribution in [0.1, 0.15) is 11.1 Å². The fraction of sp³-hybridized carbons (Fsp3) is 0.600. The van der Waals surface area contributed by atoms with Crippen LogP contribution in [-0.4, -0.2) is 48.9 Å². The van der Waals surface area contributed by atoms with Crippen molar-refractivity contribution in [3.05, 3.63) is 12.0 Å². The molecule has 9 heteroatoms. The van der Waals surface area contributed by atoms with Gasteiger partial charge in [-0.15, -0.1) is 16.9 Å². The second-order valence-electron chi connectivity index (χ2n) is 4.05. The maximum atomic E-state index is 5.47. The predicted octanol–water partition coefficient (Wildman–Crippen LogP) is 0.808. The minimum Gasteiger partial charge on any atom is -0.332 e. The molecule has 0 spiro atoms. The van der Waals surface area contributed by atoms with Gasteiger partial charge >= 0.3 is 0 Å². The van der Waals surface area contributed by atoms with Crippen molar-refractivity contribution in [2.75, 3.05) is 23.8 Å². The number of rotatable bonds is 4. The van der Waals surface area contributed by atoms with Gasteiger partial charge in [0.2, 0.25) is 0 Å². The van der Waals surface area contributed by atoms with Crippen molar-refractivity contribution in [3.63, 3.8) is 0 Å². The van der Waals surface area contributed by atoms with Gasteiger partial charge in [-0.2, -0.15) is 16.7 Å². The summed E-state index contributed by atoms with van der Waals surface area (Å²) in [6, 6.07) is 0. The average molecular weight is 298 g/mol. The van der Waals surface area contributed by atoms with Crippen molar-refractivity contribution in [3.8, 4) is 11.6 Å². The van der Waals surface area contributed by atoms with Gasteiger partial charge in [-0.25, -0.2) is 0 Å². The van der Waals surface area contributed by atoms with Gasteiger partial charge in [-0.3, -0.25) is 4.68 Å². The van der Waals surface area contributed by atoms with Crippen LogP contribution in [0.15, 0.2) is 10.7 Å². The molecule has 2 aromatic rings. The van der Waals surface area contributed by atoms with Gasteiger partial charge in [0.15, 0.2) is 11.5 Å². The predicted molar refractivity (Wildman–Crippen MR) is 74.9 cm³/mol. The average Bonchev–Trinajstić information content (AvgIpc) is 3.08. The smallest absolute Gasteiger partial charge is 0.280 e. The SMILES string of the molecule is NCCn1cc(-c2nc(C3CSCCS3)no2)nn1. The van der Waals surface area contributed by atoms with Crippen LogP contribution < -0.4 is 5.73 Å². The lowest BCUT2D eigenvalue weighted by Gasteiger charge is -2.16. The monoisotopic (exact) mass is 298 g/mol. The Bertz CT molecular complexity index is 536. The highest BCUT2D eigenvalue weighted by Gasteiger charge is 2.23. The summed E-state index contributed by atoms with van der Waals surface area (Å²) in [5, 5.41) is 12.3. The molecule has 3 heterocycles. The zero-order valence-electron chi connectivity index (χ0n) is 10.2. The summed E-state index contributed by atoms with van der Waals surface area (Å²) in [7, 11) is 0. The van der Waals surface area contributed by atoms with Crippen LogP contribution in [0.3, 0.4) is 0 Å². The third kappa shape index (κ3) is 2.93. The summed E-state index contributed by atoms with van der Waals surface area (Å²) in [6.07, 6.45) is 1.77.